The molecule has 36 heavy (non-hydrogen) atoms. The number of thiazole rings is 1. The van der Waals surface area contributed by atoms with Crippen LogP contribution < -0.4 is 9.64 Å². The second-order valence-corrected chi connectivity index (χ2v) is 11.3. The Kier molecular flexibility index (Phi) is 8.58. The van der Waals surface area contributed by atoms with Gasteiger partial charge >= 0.3 is 0 Å². The number of sulfonamides is 1. The van der Waals surface area contributed by atoms with E-state index in [0.717, 1.165) is 23.3 Å². The third-order valence-corrected chi connectivity index (χ3v) is 9.28. The second-order valence-electron chi connectivity index (χ2n) is 8.35. The number of rotatable bonds is 10. The molecule has 1 aliphatic rings. The molecule has 9 nitrogen and oxygen atoms in total. The van der Waals surface area contributed by atoms with Crippen molar-refractivity contribution in [1.29, 1.82) is 0 Å². The monoisotopic (exact) mass is 532 g/mol. The number of aromatic nitrogens is 1. The highest BCUT2D eigenvalue weighted by Crippen LogP contribution is 2.32. The Labute approximate surface area is 216 Å². The minimum Gasteiger partial charge on any atom is -0.497 e. The molecule has 1 fully saturated rings. The first-order valence-electron chi connectivity index (χ1n) is 12.0. The van der Waals surface area contributed by atoms with E-state index in [0.29, 0.717) is 55.8 Å². The van der Waals surface area contributed by atoms with Crippen molar-refractivity contribution in [3.63, 3.8) is 0 Å². The van der Waals surface area contributed by atoms with Gasteiger partial charge in [0.15, 0.2) is 5.13 Å². The van der Waals surface area contributed by atoms with E-state index >= 15 is 0 Å². The highest BCUT2D eigenvalue weighted by molar-refractivity contribution is 7.89. The van der Waals surface area contributed by atoms with Crippen LogP contribution in [-0.2, 0) is 14.8 Å². The number of carbonyl (C=O) groups is 1. The molecule has 0 radical (unpaired) electrons. The van der Waals surface area contributed by atoms with Gasteiger partial charge in [-0.2, -0.15) is 4.31 Å². The van der Waals surface area contributed by atoms with Crippen LogP contribution in [0.3, 0.4) is 0 Å². The van der Waals surface area contributed by atoms with Crippen molar-refractivity contribution < 1.29 is 22.7 Å². The minimum absolute atomic E-state index is 0.169. The Hall–Kier alpha value is -2.57. The molecule has 0 saturated carbocycles. The predicted octanol–water partition coefficient (Wildman–Crippen LogP) is 3.31. The van der Waals surface area contributed by atoms with Crippen LogP contribution in [0.5, 0.6) is 5.75 Å². The molecule has 2 heterocycles. The molecule has 4 rings (SSSR count). The number of morpholine rings is 1. The van der Waals surface area contributed by atoms with Crippen LogP contribution in [0.4, 0.5) is 5.13 Å². The number of ether oxygens (including phenoxy) is 2. The van der Waals surface area contributed by atoms with E-state index in [4.69, 9.17) is 14.5 Å². The summed E-state index contributed by atoms with van der Waals surface area (Å²) in [6.07, 6.45) is 0. The number of hydrogen-bond donors (Lipinski definition) is 0. The summed E-state index contributed by atoms with van der Waals surface area (Å²) in [5.74, 6) is 0.487. The number of hydrogen-bond acceptors (Lipinski definition) is 8. The summed E-state index contributed by atoms with van der Waals surface area (Å²) in [6, 6.07) is 11.8. The van der Waals surface area contributed by atoms with Crippen molar-refractivity contribution in [1.82, 2.24) is 14.2 Å². The van der Waals surface area contributed by atoms with Crippen LogP contribution in [0.2, 0.25) is 0 Å². The average Bonchev–Trinajstić information content (AvgIpc) is 3.34. The lowest BCUT2D eigenvalue weighted by molar-refractivity contribution is 0.0730. The maximum absolute atomic E-state index is 13.7. The van der Waals surface area contributed by atoms with E-state index in [-0.39, 0.29) is 10.8 Å². The molecular weight excluding hydrogens is 500 g/mol. The number of benzene rings is 2. The van der Waals surface area contributed by atoms with E-state index in [9.17, 15) is 13.2 Å². The number of nitrogens with zero attached hydrogens (tertiary/aromatic N) is 4. The molecule has 194 valence electrons. The summed E-state index contributed by atoms with van der Waals surface area (Å²) in [5, 5.41) is 0.598. The third kappa shape index (κ3) is 5.70. The standard InChI is InChI=1S/C25H32N4O5S2/c1-4-27(5-2)12-13-29(25-26-22-18-20(33-3)8-11-23(22)35-25)24(30)19-6-9-21(10-7-19)36(31,32)28-14-16-34-17-15-28/h6-11,18H,4-5,12-17H2,1-3H3. The van der Waals surface area contributed by atoms with Crippen molar-refractivity contribution in [3.05, 3.63) is 48.0 Å². The molecule has 0 unspecified atom stereocenters. The summed E-state index contributed by atoms with van der Waals surface area (Å²) in [5.41, 5.74) is 1.18. The van der Waals surface area contributed by atoms with E-state index in [1.807, 2.05) is 18.2 Å². The van der Waals surface area contributed by atoms with Crippen molar-refractivity contribution in [2.24, 2.45) is 0 Å². The molecule has 1 amide bonds. The molecule has 11 heteroatoms. The number of methoxy groups -OCH3 is 1. The molecule has 0 spiro atoms. The van der Waals surface area contributed by atoms with Crippen LogP contribution >= 0.6 is 11.3 Å². The quantitative estimate of drug-likeness (QED) is 0.396. The van der Waals surface area contributed by atoms with Gasteiger partial charge in [-0.3, -0.25) is 9.69 Å². The highest BCUT2D eigenvalue weighted by Gasteiger charge is 2.27. The zero-order valence-electron chi connectivity index (χ0n) is 20.8. The van der Waals surface area contributed by atoms with Gasteiger partial charge in [0.25, 0.3) is 5.91 Å². The molecule has 0 N–H and O–H groups in total. The Balaban J connectivity index is 1.62. The molecule has 0 aliphatic carbocycles. The lowest BCUT2D eigenvalue weighted by atomic mass is 10.2. The smallest absolute Gasteiger partial charge is 0.260 e. The molecule has 0 atom stereocenters. The second kappa shape index (κ2) is 11.7. The molecule has 1 saturated heterocycles. The van der Waals surface area contributed by atoms with Gasteiger partial charge in [0.2, 0.25) is 10.0 Å². The zero-order valence-corrected chi connectivity index (χ0v) is 22.5. The van der Waals surface area contributed by atoms with Gasteiger partial charge in [0, 0.05) is 37.8 Å². The van der Waals surface area contributed by atoms with Crippen molar-refractivity contribution in [2.75, 3.05) is 64.5 Å². The molecule has 1 aliphatic heterocycles. The highest BCUT2D eigenvalue weighted by atomic mass is 32.2. The number of amides is 1. The van der Waals surface area contributed by atoms with Gasteiger partial charge in [0.1, 0.15) is 5.75 Å². The minimum atomic E-state index is -3.63. The van der Waals surface area contributed by atoms with Crippen molar-refractivity contribution in [2.45, 2.75) is 18.7 Å². The van der Waals surface area contributed by atoms with E-state index < -0.39 is 10.0 Å². The Bertz CT molecular complexity index is 1280. The van der Waals surface area contributed by atoms with Gasteiger partial charge in [-0.05, 0) is 49.5 Å². The number of fused-ring (bicyclic) bond motifs is 1. The first kappa shape index (κ1) is 26.5. The summed E-state index contributed by atoms with van der Waals surface area (Å²) in [6.45, 7) is 8.51. The first-order valence-corrected chi connectivity index (χ1v) is 14.3. The summed E-state index contributed by atoms with van der Waals surface area (Å²) in [7, 11) is -2.02. The summed E-state index contributed by atoms with van der Waals surface area (Å²) in [4.78, 5) is 22.5. The number of anilines is 1. The predicted molar refractivity (Wildman–Crippen MR) is 142 cm³/mol. The first-order chi connectivity index (χ1) is 17.4. The van der Waals surface area contributed by atoms with E-state index in [2.05, 4.69) is 18.7 Å². The van der Waals surface area contributed by atoms with Gasteiger partial charge in [-0.1, -0.05) is 25.2 Å². The molecular formula is C25H32N4O5S2. The van der Waals surface area contributed by atoms with Crippen LogP contribution in [0.1, 0.15) is 24.2 Å². The zero-order chi connectivity index (χ0) is 25.7. The van der Waals surface area contributed by atoms with Crippen molar-refractivity contribution in [3.8, 4) is 5.75 Å². The fourth-order valence-corrected chi connectivity index (χ4v) is 6.44. The van der Waals surface area contributed by atoms with Crippen LogP contribution in [0, 0.1) is 0 Å². The number of likely N-dealkylation sites (N-methyl/N-ethyl adjacent to an activating group) is 1. The van der Waals surface area contributed by atoms with E-state index in [1.165, 1.54) is 27.8 Å². The number of carbonyl (C=O) groups excluding carboxylic acids is 1. The molecule has 1 aromatic heterocycles. The van der Waals surface area contributed by atoms with Crippen LogP contribution in [-0.4, -0.2) is 88.1 Å². The maximum Gasteiger partial charge on any atom is 0.260 e. The topological polar surface area (TPSA) is 92.3 Å². The SMILES string of the molecule is CCN(CC)CCN(C(=O)c1ccc(S(=O)(=O)N2CCOCC2)cc1)c1nc2cc(OC)ccc2s1. The van der Waals surface area contributed by atoms with Gasteiger partial charge in [-0.25, -0.2) is 13.4 Å². The lowest BCUT2D eigenvalue weighted by Crippen LogP contribution is -2.40. The fraction of sp³-hybridized carbons (Fsp3) is 0.440. The Morgan fingerprint density at radius 1 is 1.08 bits per heavy atom. The molecule has 0 bridgehead atoms. The lowest BCUT2D eigenvalue weighted by Gasteiger charge is -2.26. The largest absolute Gasteiger partial charge is 0.497 e. The van der Waals surface area contributed by atoms with Crippen molar-refractivity contribution >= 4 is 42.6 Å². The Morgan fingerprint density at radius 3 is 2.42 bits per heavy atom. The van der Waals surface area contributed by atoms with Gasteiger partial charge in [0.05, 0.1) is 35.4 Å². The normalized spacial score (nSPS) is 14.9. The summed E-state index contributed by atoms with van der Waals surface area (Å²) >= 11 is 1.45. The average molecular weight is 533 g/mol. The Morgan fingerprint density at radius 2 is 1.78 bits per heavy atom. The van der Waals surface area contributed by atoms with Gasteiger partial charge in [-0.15, -0.1) is 0 Å². The van der Waals surface area contributed by atoms with Gasteiger partial charge < -0.3 is 14.4 Å². The maximum atomic E-state index is 13.7. The molecule has 2 aromatic carbocycles. The van der Waals surface area contributed by atoms with Crippen LogP contribution in [0.15, 0.2) is 47.4 Å². The third-order valence-electron chi connectivity index (χ3n) is 6.30. The van der Waals surface area contributed by atoms with E-state index in [1.54, 1.807) is 24.1 Å². The fourth-order valence-electron chi connectivity index (χ4n) is 4.06. The van der Waals surface area contributed by atoms with Crippen LogP contribution in [0.25, 0.3) is 10.2 Å². The summed E-state index contributed by atoms with van der Waals surface area (Å²) < 4.78 is 38.9. The molecule has 3 aromatic rings.